The van der Waals surface area contributed by atoms with Gasteiger partial charge in [-0.3, -0.25) is 4.79 Å². The van der Waals surface area contributed by atoms with Crippen molar-refractivity contribution in [2.75, 3.05) is 6.67 Å². The third-order valence-electron chi connectivity index (χ3n) is 3.56. The van der Waals surface area contributed by atoms with Crippen molar-refractivity contribution in [3.8, 4) is 0 Å². The average Bonchev–Trinajstić information content (AvgIpc) is 2.34. The third-order valence-corrected chi connectivity index (χ3v) is 3.56. The molecule has 0 saturated heterocycles. The maximum atomic E-state index is 13.1. The molecular weight excluding hydrogens is 265 g/mol. The highest BCUT2D eigenvalue weighted by Gasteiger charge is 2.32. The second-order valence-corrected chi connectivity index (χ2v) is 6.36. The van der Waals surface area contributed by atoms with Crippen molar-refractivity contribution < 1.29 is 23.8 Å². The fourth-order valence-corrected chi connectivity index (χ4v) is 2.51. The van der Waals surface area contributed by atoms with Gasteiger partial charge in [0.15, 0.2) is 0 Å². The van der Waals surface area contributed by atoms with Crippen molar-refractivity contribution in [2.24, 2.45) is 11.8 Å². The van der Waals surface area contributed by atoms with Crippen molar-refractivity contribution in [2.45, 2.75) is 58.1 Å². The number of aliphatic carboxylic acids is 1. The van der Waals surface area contributed by atoms with E-state index in [9.17, 15) is 14.0 Å². The van der Waals surface area contributed by atoms with Gasteiger partial charge in [-0.25, -0.2) is 9.18 Å². The van der Waals surface area contributed by atoms with Gasteiger partial charge in [-0.05, 0) is 52.4 Å². The van der Waals surface area contributed by atoms with E-state index in [1.807, 2.05) is 0 Å². The normalized spacial score (nSPS) is 24.8. The summed E-state index contributed by atoms with van der Waals surface area (Å²) in [5, 5.41) is 11.5. The molecule has 0 aromatic rings. The molecular formula is C14H24FNO4. The first-order valence-electron chi connectivity index (χ1n) is 7.01. The van der Waals surface area contributed by atoms with Crippen molar-refractivity contribution in [3.05, 3.63) is 0 Å². The van der Waals surface area contributed by atoms with Crippen LogP contribution in [0, 0.1) is 11.8 Å². The Balaban J connectivity index is 2.47. The first-order valence-corrected chi connectivity index (χ1v) is 7.01. The fraction of sp³-hybridized carbons (Fsp3) is 0.857. The van der Waals surface area contributed by atoms with Crippen LogP contribution in [0.1, 0.15) is 46.5 Å². The Morgan fingerprint density at radius 3 is 2.25 bits per heavy atom. The van der Waals surface area contributed by atoms with Crippen LogP contribution in [0.25, 0.3) is 0 Å². The highest BCUT2D eigenvalue weighted by molar-refractivity contribution is 5.70. The Morgan fingerprint density at radius 2 is 1.85 bits per heavy atom. The summed E-state index contributed by atoms with van der Waals surface area (Å²) in [6, 6.07) is -0.598. The smallest absolute Gasteiger partial charge is 0.407 e. The molecule has 116 valence electrons. The molecule has 1 aliphatic rings. The molecule has 5 nitrogen and oxygen atoms in total. The Morgan fingerprint density at radius 1 is 1.30 bits per heavy atom. The van der Waals surface area contributed by atoms with Crippen LogP contribution < -0.4 is 5.32 Å². The van der Waals surface area contributed by atoms with E-state index in [1.54, 1.807) is 20.8 Å². The lowest BCUT2D eigenvalue weighted by Crippen LogP contribution is -2.45. The lowest BCUT2D eigenvalue weighted by atomic mass is 9.79. The number of halogens is 1. The van der Waals surface area contributed by atoms with E-state index in [4.69, 9.17) is 9.84 Å². The van der Waals surface area contributed by atoms with Crippen LogP contribution in [0.3, 0.4) is 0 Å². The minimum absolute atomic E-state index is 0.0249. The predicted molar refractivity (Wildman–Crippen MR) is 72.2 cm³/mol. The second kappa shape index (κ2) is 6.90. The van der Waals surface area contributed by atoms with Crippen molar-refractivity contribution in [3.63, 3.8) is 0 Å². The van der Waals surface area contributed by atoms with Crippen LogP contribution in [-0.2, 0) is 9.53 Å². The van der Waals surface area contributed by atoms with Crippen LogP contribution in [0.4, 0.5) is 9.18 Å². The lowest BCUT2D eigenvalue weighted by molar-refractivity contribution is -0.143. The number of carbonyl (C=O) groups excluding carboxylic acids is 1. The Bertz CT molecular complexity index is 346. The molecule has 1 fully saturated rings. The standard InChI is InChI=1S/C14H24FNO4/c1-14(2,3)20-13(19)16-11(8-15)9-4-6-10(7-5-9)12(17)18/h9-11H,4-8H2,1-3H3,(H,16,19)(H,17,18)/t9-,10+,11-/m0/s1. The van der Waals surface area contributed by atoms with Gasteiger partial charge < -0.3 is 15.2 Å². The Kier molecular flexibility index (Phi) is 5.77. The Labute approximate surface area is 118 Å². The van der Waals surface area contributed by atoms with Gasteiger partial charge in [0.2, 0.25) is 0 Å². The maximum absolute atomic E-state index is 13.1. The summed E-state index contributed by atoms with van der Waals surface area (Å²) in [6.45, 7) is 4.57. The number of ether oxygens (including phenoxy) is 1. The molecule has 0 aromatic heterocycles. The van der Waals surface area contributed by atoms with E-state index in [-0.39, 0.29) is 11.8 Å². The van der Waals surface area contributed by atoms with Crippen molar-refractivity contribution >= 4 is 12.1 Å². The highest BCUT2D eigenvalue weighted by atomic mass is 19.1. The number of rotatable bonds is 4. The quantitative estimate of drug-likeness (QED) is 0.834. The number of carbonyl (C=O) groups is 2. The summed E-state index contributed by atoms with van der Waals surface area (Å²) in [5.74, 6) is -1.16. The molecule has 0 spiro atoms. The molecule has 2 N–H and O–H groups in total. The highest BCUT2D eigenvalue weighted by Crippen LogP contribution is 2.31. The summed E-state index contributed by atoms with van der Waals surface area (Å²) in [7, 11) is 0. The van der Waals surface area contributed by atoms with E-state index >= 15 is 0 Å². The number of hydrogen-bond acceptors (Lipinski definition) is 3. The van der Waals surface area contributed by atoms with Gasteiger partial charge in [0.05, 0.1) is 12.0 Å². The minimum Gasteiger partial charge on any atom is -0.481 e. The molecule has 0 aliphatic heterocycles. The topological polar surface area (TPSA) is 75.6 Å². The summed E-state index contributed by atoms with van der Waals surface area (Å²) < 4.78 is 18.2. The SMILES string of the molecule is CC(C)(C)OC(=O)N[C@@H](CF)[C@H]1CC[C@@H](C(=O)O)CC1. The Hall–Kier alpha value is -1.33. The summed E-state index contributed by atoms with van der Waals surface area (Å²) in [5.41, 5.74) is -0.619. The number of carboxylic acids is 1. The number of amides is 1. The third kappa shape index (κ3) is 5.35. The molecule has 0 bridgehead atoms. The van der Waals surface area contributed by atoms with Gasteiger partial charge in [0.25, 0.3) is 0 Å². The van der Waals surface area contributed by atoms with Crippen molar-refractivity contribution in [1.82, 2.24) is 5.32 Å². The van der Waals surface area contributed by atoms with Gasteiger partial charge in [0, 0.05) is 0 Å². The molecule has 0 unspecified atom stereocenters. The molecule has 1 aliphatic carbocycles. The van der Waals surface area contributed by atoms with Crippen LogP contribution in [0.15, 0.2) is 0 Å². The molecule has 0 aromatic carbocycles. The molecule has 1 amide bonds. The zero-order valence-electron chi connectivity index (χ0n) is 12.3. The van der Waals surface area contributed by atoms with Gasteiger partial charge in [-0.15, -0.1) is 0 Å². The minimum atomic E-state index is -0.791. The van der Waals surface area contributed by atoms with Gasteiger partial charge in [0.1, 0.15) is 12.3 Å². The van der Waals surface area contributed by atoms with Crippen LogP contribution in [0.5, 0.6) is 0 Å². The van der Waals surface area contributed by atoms with E-state index in [0.717, 1.165) is 0 Å². The number of nitrogens with one attached hydrogen (secondary N) is 1. The van der Waals surface area contributed by atoms with E-state index in [2.05, 4.69) is 5.32 Å². The van der Waals surface area contributed by atoms with E-state index < -0.39 is 30.4 Å². The fourth-order valence-electron chi connectivity index (χ4n) is 2.51. The molecule has 0 radical (unpaired) electrons. The number of carboxylic acid groups (broad SMARTS) is 1. The van der Waals surface area contributed by atoms with Crippen LogP contribution in [0.2, 0.25) is 0 Å². The van der Waals surface area contributed by atoms with E-state index in [0.29, 0.717) is 25.7 Å². The average molecular weight is 289 g/mol. The predicted octanol–water partition coefficient (Wildman–Crippen LogP) is 2.74. The zero-order valence-corrected chi connectivity index (χ0v) is 12.3. The van der Waals surface area contributed by atoms with Gasteiger partial charge >= 0.3 is 12.1 Å². The number of alkyl carbamates (subject to hydrolysis) is 1. The van der Waals surface area contributed by atoms with Gasteiger partial charge in [-0.1, -0.05) is 0 Å². The first kappa shape index (κ1) is 16.7. The summed E-state index contributed by atoms with van der Waals surface area (Å²) in [6.07, 6.45) is 1.67. The summed E-state index contributed by atoms with van der Waals surface area (Å²) in [4.78, 5) is 22.5. The monoisotopic (exact) mass is 289 g/mol. The zero-order chi connectivity index (χ0) is 15.3. The van der Waals surface area contributed by atoms with Gasteiger partial charge in [-0.2, -0.15) is 0 Å². The largest absolute Gasteiger partial charge is 0.481 e. The number of alkyl halides is 1. The summed E-state index contributed by atoms with van der Waals surface area (Å²) >= 11 is 0. The molecule has 0 heterocycles. The van der Waals surface area contributed by atoms with Crippen molar-refractivity contribution in [1.29, 1.82) is 0 Å². The maximum Gasteiger partial charge on any atom is 0.407 e. The van der Waals surface area contributed by atoms with E-state index in [1.165, 1.54) is 0 Å². The first-order chi connectivity index (χ1) is 9.23. The van der Waals surface area contributed by atoms with Crippen LogP contribution in [-0.4, -0.2) is 35.5 Å². The molecule has 6 heteroatoms. The van der Waals surface area contributed by atoms with Crippen LogP contribution >= 0.6 is 0 Å². The molecule has 20 heavy (non-hydrogen) atoms. The second-order valence-electron chi connectivity index (χ2n) is 6.36. The molecule has 1 atom stereocenters. The number of hydrogen-bond donors (Lipinski definition) is 2. The molecule has 1 saturated carbocycles. The molecule has 1 rings (SSSR count). The lowest BCUT2D eigenvalue weighted by Gasteiger charge is -2.32.